The van der Waals surface area contributed by atoms with E-state index < -0.39 is 0 Å². The van der Waals surface area contributed by atoms with Gasteiger partial charge in [-0.2, -0.15) is 0 Å². The Balaban J connectivity index is 1.92. The van der Waals surface area contributed by atoms with Crippen LogP contribution in [0.3, 0.4) is 0 Å². The molecule has 2 aromatic rings. The second kappa shape index (κ2) is 4.33. The van der Waals surface area contributed by atoms with Gasteiger partial charge in [0.2, 0.25) is 17.7 Å². The minimum absolute atomic E-state index is 0.0560. The standard InChI is InChI=1S/C14H15N3O3/c1-7-8(2)14(19)17(13(7)18)6-11-16-12-9(15)4-3-5-10(12)20-11/h3-5,7-8H,6,15H2,1-2H3. The maximum absolute atomic E-state index is 12.0. The molecule has 1 aromatic heterocycles. The molecule has 0 aliphatic carbocycles. The third-order valence-electron chi connectivity index (χ3n) is 3.85. The van der Waals surface area contributed by atoms with Crippen LogP contribution in [-0.4, -0.2) is 21.7 Å². The first-order valence-corrected chi connectivity index (χ1v) is 6.48. The lowest BCUT2D eigenvalue weighted by molar-refractivity contribution is -0.140. The van der Waals surface area contributed by atoms with Gasteiger partial charge in [0, 0.05) is 11.8 Å². The van der Waals surface area contributed by atoms with Crippen LogP contribution in [0.2, 0.25) is 0 Å². The van der Waals surface area contributed by atoms with Gasteiger partial charge in [-0.05, 0) is 12.1 Å². The molecule has 1 fully saturated rings. The number of hydrogen-bond donors (Lipinski definition) is 1. The molecule has 2 amide bonds. The number of nitrogens with two attached hydrogens (primary N) is 1. The maximum Gasteiger partial charge on any atom is 0.233 e. The number of oxazole rings is 1. The van der Waals surface area contributed by atoms with Crippen LogP contribution in [0.5, 0.6) is 0 Å². The fourth-order valence-corrected chi connectivity index (χ4v) is 2.40. The molecular formula is C14H15N3O3. The topological polar surface area (TPSA) is 89.4 Å². The smallest absolute Gasteiger partial charge is 0.233 e. The van der Waals surface area contributed by atoms with Crippen LogP contribution in [0.25, 0.3) is 11.1 Å². The summed E-state index contributed by atoms with van der Waals surface area (Å²) < 4.78 is 5.54. The lowest BCUT2D eigenvalue weighted by Gasteiger charge is -2.11. The summed E-state index contributed by atoms with van der Waals surface area (Å²) in [5.74, 6) is -0.634. The quantitative estimate of drug-likeness (QED) is 0.662. The van der Waals surface area contributed by atoms with E-state index in [0.29, 0.717) is 22.7 Å². The summed E-state index contributed by atoms with van der Waals surface area (Å²) in [5, 5.41) is 0. The molecule has 0 saturated carbocycles. The Labute approximate surface area is 115 Å². The first kappa shape index (κ1) is 12.7. The number of nitrogen functional groups attached to an aromatic ring is 1. The maximum atomic E-state index is 12.0. The molecule has 1 aromatic carbocycles. The molecule has 0 spiro atoms. The lowest BCUT2D eigenvalue weighted by Crippen LogP contribution is -2.30. The number of fused-ring (bicyclic) bond motifs is 1. The van der Waals surface area contributed by atoms with Gasteiger partial charge in [-0.1, -0.05) is 19.9 Å². The molecule has 2 N–H and O–H groups in total. The van der Waals surface area contributed by atoms with E-state index >= 15 is 0 Å². The molecule has 104 valence electrons. The minimum Gasteiger partial charge on any atom is -0.439 e. The Morgan fingerprint density at radius 3 is 2.50 bits per heavy atom. The van der Waals surface area contributed by atoms with Crippen molar-refractivity contribution >= 4 is 28.6 Å². The summed E-state index contributed by atoms with van der Waals surface area (Å²) in [7, 11) is 0. The highest BCUT2D eigenvalue weighted by Gasteiger charge is 2.42. The second-order valence-electron chi connectivity index (χ2n) is 5.14. The van der Waals surface area contributed by atoms with Gasteiger partial charge in [-0.3, -0.25) is 14.5 Å². The number of imide groups is 1. The molecule has 3 rings (SSSR count). The van der Waals surface area contributed by atoms with Gasteiger partial charge in [-0.25, -0.2) is 4.98 Å². The molecule has 0 bridgehead atoms. The normalized spacial score (nSPS) is 23.0. The summed E-state index contributed by atoms with van der Waals surface area (Å²) in [4.78, 5) is 29.5. The highest BCUT2D eigenvalue weighted by atomic mass is 16.3. The van der Waals surface area contributed by atoms with Crippen LogP contribution < -0.4 is 5.73 Å². The highest BCUT2D eigenvalue weighted by molar-refractivity contribution is 6.04. The Morgan fingerprint density at radius 2 is 1.90 bits per heavy atom. The molecular weight excluding hydrogens is 258 g/mol. The zero-order valence-electron chi connectivity index (χ0n) is 11.3. The Morgan fingerprint density at radius 1 is 1.25 bits per heavy atom. The minimum atomic E-state index is -0.294. The number of benzene rings is 1. The first-order valence-electron chi connectivity index (χ1n) is 6.48. The Hall–Kier alpha value is -2.37. The van der Waals surface area contributed by atoms with Crippen molar-refractivity contribution in [3.05, 3.63) is 24.1 Å². The largest absolute Gasteiger partial charge is 0.439 e. The van der Waals surface area contributed by atoms with Crippen LogP contribution in [0.1, 0.15) is 19.7 Å². The molecule has 2 atom stereocenters. The number of para-hydroxylation sites is 1. The third kappa shape index (κ3) is 1.76. The average molecular weight is 273 g/mol. The van der Waals surface area contributed by atoms with Gasteiger partial charge in [0.1, 0.15) is 12.1 Å². The van der Waals surface area contributed by atoms with E-state index in [-0.39, 0.29) is 30.2 Å². The molecule has 2 unspecified atom stereocenters. The molecule has 1 aliphatic heterocycles. The Kier molecular flexibility index (Phi) is 2.74. The van der Waals surface area contributed by atoms with E-state index in [1.807, 2.05) is 0 Å². The van der Waals surface area contributed by atoms with Crippen molar-refractivity contribution < 1.29 is 14.0 Å². The number of carbonyl (C=O) groups is 2. The SMILES string of the molecule is CC1C(=O)N(Cc2nc3c(N)cccc3o2)C(=O)C1C. The van der Waals surface area contributed by atoms with Crippen molar-refractivity contribution in [2.75, 3.05) is 5.73 Å². The van der Waals surface area contributed by atoms with E-state index in [4.69, 9.17) is 10.2 Å². The lowest BCUT2D eigenvalue weighted by atomic mass is 10.00. The van der Waals surface area contributed by atoms with Crippen LogP contribution in [0.4, 0.5) is 5.69 Å². The summed E-state index contributed by atoms with van der Waals surface area (Å²) in [6.07, 6.45) is 0. The van der Waals surface area contributed by atoms with Gasteiger partial charge in [0.05, 0.1) is 5.69 Å². The number of amides is 2. The van der Waals surface area contributed by atoms with Crippen molar-refractivity contribution in [1.29, 1.82) is 0 Å². The number of aromatic nitrogens is 1. The number of likely N-dealkylation sites (tertiary alicyclic amines) is 1. The fourth-order valence-electron chi connectivity index (χ4n) is 2.40. The summed E-state index contributed by atoms with van der Waals surface area (Å²) in [5.41, 5.74) is 7.43. The third-order valence-corrected chi connectivity index (χ3v) is 3.85. The van der Waals surface area contributed by atoms with Crippen LogP contribution >= 0.6 is 0 Å². The van der Waals surface area contributed by atoms with E-state index in [1.54, 1.807) is 32.0 Å². The van der Waals surface area contributed by atoms with Gasteiger partial charge in [-0.15, -0.1) is 0 Å². The second-order valence-corrected chi connectivity index (χ2v) is 5.14. The highest BCUT2D eigenvalue weighted by Crippen LogP contribution is 2.28. The number of nitrogens with zero attached hydrogens (tertiary/aromatic N) is 2. The molecule has 20 heavy (non-hydrogen) atoms. The average Bonchev–Trinajstić information content (AvgIpc) is 2.92. The van der Waals surface area contributed by atoms with Crippen LogP contribution in [0, 0.1) is 11.8 Å². The van der Waals surface area contributed by atoms with Crippen molar-refractivity contribution in [3.8, 4) is 0 Å². The van der Waals surface area contributed by atoms with E-state index in [2.05, 4.69) is 4.98 Å². The van der Waals surface area contributed by atoms with Crippen LogP contribution in [-0.2, 0) is 16.1 Å². The van der Waals surface area contributed by atoms with E-state index in [0.717, 1.165) is 0 Å². The zero-order chi connectivity index (χ0) is 14.4. The van der Waals surface area contributed by atoms with E-state index in [9.17, 15) is 9.59 Å². The van der Waals surface area contributed by atoms with Crippen molar-refractivity contribution in [2.45, 2.75) is 20.4 Å². The molecule has 2 heterocycles. The summed E-state index contributed by atoms with van der Waals surface area (Å²) >= 11 is 0. The predicted molar refractivity (Wildman–Crippen MR) is 72.3 cm³/mol. The first-order chi connectivity index (χ1) is 9.49. The molecule has 6 nitrogen and oxygen atoms in total. The van der Waals surface area contributed by atoms with Gasteiger partial charge >= 0.3 is 0 Å². The number of hydrogen-bond acceptors (Lipinski definition) is 5. The molecule has 1 aliphatic rings. The van der Waals surface area contributed by atoms with Crippen molar-refractivity contribution in [2.24, 2.45) is 11.8 Å². The van der Waals surface area contributed by atoms with Gasteiger partial charge in [0.25, 0.3) is 0 Å². The molecule has 0 radical (unpaired) electrons. The monoisotopic (exact) mass is 273 g/mol. The predicted octanol–water partition coefficient (Wildman–Crippen LogP) is 1.55. The summed E-state index contributed by atoms with van der Waals surface area (Å²) in [6.45, 7) is 3.57. The number of anilines is 1. The number of rotatable bonds is 2. The van der Waals surface area contributed by atoms with Gasteiger partial charge < -0.3 is 10.2 Å². The summed E-state index contributed by atoms with van der Waals surface area (Å²) in [6, 6.07) is 5.24. The number of carbonyl (C=O) groups excluding carboxylic acids is 2. The van der Waals surface area contributed by atoms with Gasteiger partial charge in [0.15, 0.2) is 5.58 Å². The van der Waals surface area contributed by atoms with E-state index in [1.165, 1.54) is 4.90 Å². The Bertz CT molecular complexity index is 687. The van der Waals surface area contributed by atoms with Crippen molar-refractivity contribution in [3.63, 3.8) is 0 Å². The van der Waals surface area contributed by atoms with Crippen LogP contribution in [0.15, 0.2) is 22.6 Å². The molecule has 1 saturated heterocycles. The van der Waals surface area contributed by atoms with Crippen molar-refractivity contribution in [1.82, 2.24) is 9.88 Å². The molecule has 6 heteroatoms. The zero-order valence-corrected chi connectivity index (χ0v) is 11.3. The fraction of sp³-hybridized carbons (Fsp3) is 0.357.